The van der Waals surface area contributed by atoms with Crippen LogP contribution in [-0.2, 0) is 17.8 Å². The minimum atomic E-state index is -0.990. The molecule has 1 fully saturated rings. The Morgan fingerprint density at radius 2 is 2.30 bits per heavy atom. The highest BCUT2D eigenvalue weighted by atomic mass is 16.4. The van der Waals surface area contributed by atoms with E-state index in [-0.39, 0.29) is 19.0 Å². The van der Waals surface area contributed by atoms with Crippen LogP contribution in [0, 0.1) is 5.92 Å². The topological polar surface area (TPSA) is 98.3 Å². The van der Waals surface area contributed by atoms with Crippen LogP contribution in [0.15, 0.2) is 6.33 Å². The summed E-state index contributed by atoms with van der Waals surface area (Å²) in [5.74, 6) is -0.248. The van der Waals surface area contributed by atoms with Gasteiger partial charge in [0, 0.05) is 13.0 Å². The Hall–Kier alpha value is -2.05. The number of nitrogens with zero attached hydrogens (tertiary/aromatic N) is 2. The maximum absolute atomic E-state index is 12.2. The number of hydrogen-bond acceptors (Lipinski definition) is 3. The molecule has 0 bridgehead atoms. The maximum atomic E-state index is 12.2. The predicted molar refractivity (Wildman–Crippen MR) is 70.0 cm³/mol. The lowest BCUT2D eigenvalue weighted by molar-refractivity contribution is -0.142. The van der Waals surface area contributed by atoms with Gasteiger partial charge in [0.05, 0.1) is 24.3 Å². The minimum absolute atomic E-state index is 0.254. The summed E-state index contributed by atoms with van der Waals surface area (Å²) in [5.41, 5.74) is 1.55. The van der Waals surface area contributed by atoms with E-state index in [0.29, 0.717) is 6.54 Å². The molecule has 108 valence electrons. The number of carboxylic acids is 1. The molecule has 0 radical (unpaired) electrons. The number of nitrogens with one attached hydrogen (secondary N) is 2. The number of aliphatic carboxylic acids is 1. The van der Waals surface area contributed by atoms with E-state index in [9.17, 15) is 14.7 Å². The second-order valence-corrected chi connectivity index (χ2v) is 5.48. The number of urea groups is 1. The summed E-state index contributed by atoms with van der Waals surface area (Å²) in [5, 5.41) is 12.1. The highest BCUT2D eigenvalue weighted by molar-refractivity contribution is 5.83. The van der Waals surface area contributed by atoms with Crippen molar-refractivity contribution in [2.45, 2.75) is 38.3 Å². The van der Waals surface area contributed by atoms with E-state index in [1.165, 1.54) is 24.1 Å². The lowest BCUT2D eigenvalue weighted by Crippen LogP contribution is -2.52. The summed E-state index contributed by atoms with van der Waals surface area (Å²) in [6, 6.07) is -1.15. The Kier molecular flexibility index (Phi) is 3.33. The molecule has 7 heteroatoms. The highest BCUT2D eigenvalue weighted by Crippen LogP contribution is 2.31. The van der Waals surface area contributed by atoms with Gasteiger partial charge in [-0.05, 0) is 12.3 Å². The van der Waals surface area contributed by atoms with Gasteiger partial charge in [-0.2, -0.15) is 0 Å². The fourth-order valence-electron chi connectivity index (χ4n) is 2.56. The first-order valence-corrected chi connectivity index (χ1v) is 6.93. The molecule has 1 aliphatic carbocycles. The average Bonchev–Trinajstić information content (AvgIpc) is 3.13. The standard InChI is InChI=1S/C13H18N4O3/c18-12(19)11-5-9-10(16-7-15-9)6-17(11)13(20)14-4-3-8-1-2-8/h7-8,11H,1-6H2,(H,14,20)(H,15,16)(H,18,19). The van der Waals surface area contributed by atoms with Crippen LogP contribution < -0.4 is 5.32 Å². The van der Waals surface area contributed by atoms with Crippen LogP contribution >= 0.6 is 0 Å². The van der Waals surface area contributed by atoms with Crippen LogP contribution in [0.5, 0.6) is 0 Å². The molecule has 0 spiro atoms. The van der Waals surface area contributed by atoms with E-state index in [1.807, 2.05) is 0 Å². The van der Waals surface area contributed by atoms with Crippen molar-refractivity contribution in [1.82, 2.24) is 20.2 Å². The zero-order chi connectivity index (χ0) is 14.1. The second-order valence-electron chi connectivity index (χ2n) is 5.48. The van der Waals surface area contributed by atoms with Crippen molar-refractivity contribution < 1.29 is 14.7 Å². The van der Waals surface area contributed by atoms with E-state index in [0.717, 1.165) is 23.7 Å². The smallest absolute Gasteiger partial charge is 0.326 e. The van der Waals surface area contributed by atoms with E-state index in [1.54, 1.807) is 0 Å². The zero-order valence-electron chi connectivity index (χ0n) is 11.1. The third-order valence-corrected chi connectivity index (χ3v) is 3.97. The number of aromatic amines is 1. The summed E-state index contributed by atoms with van der Waals surface area (Å²) in [6.45, 7) is 0.879. The van der Waals surface area contributed by atoms with Crippen LogP contribution in [0.3, 0.4) is 0 Å². The van der Waals surface area contributed by atoms with Crippen molar-refractivity contribution in [3.05, 3.63) is 17.7 Å². The van der Waals surface area contributed by atoms with Crippen LogP contribution in [0.25, 0.3) is 0 Å². The molecule has 3 rings (SSSR count). The number of carbonyl (C=O) groups excluding carboxylic acids is 1. The van der Waals surface area contributed by atoms with Crippen LogP contribution in [-0.4, -0.2) is 44.6 Å². The normalized spacial score (nSPS) is 21.4. The summed E-state index contributed by atoms with van der Waals surface area (Å²) >= 11 is 0. The number of carbonyl (C=O) groups is 2. The van der Waals surface area contributed by atoms with Crippen LogP contribution in [0.4, 0.5) is 4.79 Å². The van der Waals surface area contributed by atoms with Crippen molar-refractivity contribution in [3.63, 3.8) is 0 Å². The molecule has 1 aliphatic heterocycles. The van der Waals surface area contributed by atoms with Gasteiger partial charge < -0.3 is 20.3 Å². The molecule has 2 heterocycles. The number of hydrogen-bond donors (Lipinski definition) is 3. The number of imidazole rings is 1. The number of aromatic nitrogens is 2. The van der Waals surface area contributed by atoms with Gasteiger partial charge in [0.1, 0.15) is 6.04 Å². The van der Waals surface area contributed by atoms with Crippen molar-refractivity contribution in [3.8, 4) is 0 Å². The SMILES string of the molecule is O=C(O)C1Cc2nc[nH]c2CN1C(=O)NCCC1CC1. The summed E-state index contributed by atoms with van der Waals surface area (Å²) in [4.78, 5) is 31.9. The van der Waals surface area contributed by atoms with E-state index in [2.05, 4.69) is 15.3 Å². The molecule has 20 heavy (non-hydrogen) atoms. The van der Waals surface area contributed by atoms with Gasteiger partial charge in [0.15, 0.2) is 0 Å². The fraction of sp³-hybridized carbons (Fsp3) is 0.615. The Balaban J connectivity index is 1.65. The number of amides is 2. The Bertz CT molecular complexity index is 523. The number of fused-ring (bicyclic) bond motifs is 1. The lowest BCUT2D eigenvalue weighted by atomic mass is 10.0. The van der Waals surface area contributed by atoms with E-state index >= 15 is 0 Å². The number of H-pyrrole nitrogens is 1. The third-order valence-electron chi connectivity index (χ3n) is 3.97. The summed E-state index contributed by atoms with van der Waals surface area (Å²) < 4.78 is 0. The second kappa shape index (κ2) is 5.15. The quantitative estimate of drug-likeness (QED) is 0.756. The average molecular weight is 278 g/mol. The van der Waals surface area contributed by atoms with Crippen LogP contribution in [0.2, 0.25) is 0 Å². The molecule has 3 N–H and O–H groups in total. The van der Waals surface area contributed by atoms with Gasteiger partial charge in [0.2, 0.25) is 0 Å². The molecule has 1 aromatic rings. The first-order valence-electron chi connectivity index (χ1n) is 6.93. The summed E-state index contributed by atoms with van der Waals surface area (Å²) in [6.07, 6.45) is 5.26. The molecule has 0 saturated heterocycles. The fourth-order valence-corrected chi connectivity index (χ4v) is 2.56. The van der Waals surface area contributed by atoms with Gasteiger partial charge >= 0.3 is 12.0 Å². The van der Waals surface area contributed by atoms with E-state index in [4.69, 9.17) is 0 Å². The van der Waals surface area contributed by atoms with Gasteiger partial charge in [-0.25, -0.2) is 14.6 Å². The van der Waals surface area contributed by atoms with E-state index < -0.39 is 12.0 Å². The number of rotatable bonds is 4. The van der Waals surface area contributed by atoms with Crippen molar-refractivity contribution >= 4 is 12.0 Å². The number of carboxylic acid groups (broad SMARTS) is 1. The molecular weight excluding hydrogens is 260 g/mol. The van der Waals surface area contributed by atoms with Crippen molar-refractivity contribution in [2.75, 3.05) is 6.54 Å². The first kappa shape index (κ1) is 13.0. The van der Waals surface area contributed by atoms with Gasteiger partial charge in [-0.3, -0.25) is 0 Å². The highest BCUT2D eigenvalue weighted by Gasteiger charge is 2.36. The molecule has 1 unspecified atom stereocenters. The Labute approximate surface area is 116 Å². The maximum Gasteiger partial charge on any atom is 0.326 e. The monoisotopic (exact) mass is 278 g/mol. The van der Waals surface area contributed by atoms with Crippen molar-refractivity contribution in [2.24, 2.45) is 5.92 Å². The molecule has 1 saturated carbocycles. The zero-order valence-corrected chi connectivity index (χ0v) is 11.1. The third kappa shape index (κ3) is 2.61. The Morgan fingerprint density at radius 1 is 1.50 bits per heavy atom. The molecule has 2 aliphatic rings. The summed E-state index contributed by atoms with van der Waals surface area (Å²) in [7, 11) is 0. The lowest BCUT2D eigenvalue weighted by Gasteiger charge is -2.32. The minimum Gasteiger partial charge on any atom is -0.480 e. The van der Waals surface area contributed by atoms with Gasteiger partial charge in [-0.15, -0.1) is 0 Å². The molecule has 1 aromatic heterocycles. The molecule has 2 amide bonds. The van der Waals surface area contributed by atoms with Crippen molar-refractivity contribution in [1.29, 1.82) is 0 Å². The predicted octanol–water partition coefficient (Wildman–Crippen LogP) is 0.731. The first-order chi connectivity index (χ1) is 9.65. The molecule has 7 nitrogen and oxygen atoms in total. The van der Waals surface area contributed by atoms with Gasteiger partial charge in [-0.1, -0.05) is 12.8 Å². The molecule has 0 aromatic carbocycles. The Morgan fingerprint density at radius 3 is 3.00 bits per heavy atom. The largest absolute Gasteiger partial charge is 0.480 e. The molecular formula is C13H18N4O3. The van der Waals surface area contributed by atoms with Crippen LogP contribution in [0.1, 0.15) is 30.7 Å². The molecule has 1 atom stereocenters. The van der Waals surface area contributed by atoms with Gasteiger partial charge in [0.25, 0.3) is 0 Å².